The third-order valence-corrected chi connectivity index (χ3v) is 3.20. The van der Waals surface area contributed by atoms with Gasteiger partial charge < -0.3 is 10.1 Å². The summed E-state index contributed by atoms with van der Waals surface area (Å²) in [6, 6.07) is 1.71. The minimum Gasteiger partial charge on any atom is -0.481 e. The molecule has 1 fully saturated rings. The number of carbonyl (C=O) groups is 1. The molecule has 2 rings (SSSR count). The van der Waals surface area contributed by atoms with Crippen molar-refractivity contribution in [3.8, 4) is 5.88 Å². The summed E-state index contributed by atoms with van der Waals surface area (Å²) in [6.07, 6.45) is 1.88. The van der Waals surface area contributed by atoms with Crippen molar-refractivity contribution in [2.45, 2.75) is 25.8 Å². The van der Waals surface area contributed by atoms with E-state index in [9.17, 15) is 4.79 Å². The number of carbonyl (C=O) groups excluding carboxylic acids is 1. The number of anilines is 1. The van der Waals surface area contributed by atoms with Gasteiger partial charge in [0.25, 0.3) is 0 Å². The lowest BCUT2D eigenvalue weighted by atomic mass is 10.0. The van der Waals surface area contributed by atoms with Crippen LogP contribution in [0.15, 0.2) is 6.07 Å². The van der Waals surface area contributed by atoms with E-state index in [0.717, 1.165) is 25.9 Å². The predicted molar refractivity (Wildman–Crippen MR) is 68.8 cm³/mol. The van der Waals surface area contributed by atoms with Gasteiger partial charge in [-0.3, -0.25) is 9.69 Å². The van der Waals surface area contributed by atoms with Crippen molar-refractivity contribution in [2.75, 3.05) is 25.1 Å². The van der Waals surface area contributed by atoms with E-state index in [1.807, 2.05) is 6.92 Å². The Bertz CT molecular complexity index is 428. The van der Waals surface area contributed by atoms with Crippen LogP contribution < -0.4 is 15.0 Å². The molecule has 2 heterocycles. The first-order valence-electron chi connectivity index (χ1n) is 6.30. The Morgan fingerprint density at radius 1 is 1.61 bits per heavy atom. The lowest BCUT2D eigenvalue weighted by Crippen LogP contribution is -2.51. The molecule has 0 saturated carbocycles. The van der Waals surface area contributed by atoms with Crippen molar-refractivity contribution in [2.24, 2.45) is 7.05 Å². The second-order valence-electron chi connectivity index (χ2n) is 4.41. The highest BCUT2D eigenvalue weighted by atomic mass is 16.5. The van der Waals surface area contributed by atoms with Crippen LogP contribution in [0.5, 0.6) is 5.88 Å². The number of hydrogen-bond acceptors (Lipinski definition) is 4. The van der Waals surface area contributed by atoms with E-state index in [1.54, 1.807) is 29.8 Å². The Morgan fingerprint density at radius 2 is 2.39 bits per heavy atom. The molecule has 18 heavy (non-hydrogen) atoms. The van der Waals surface area contributed by atoms with Crippen LogP contribution in [-0.2, 0) is 11.8 Å². The molecule has 100 valence electrons. The molecule has 0 radical (unpaired) electrons. The number of aryl methyl sites for hydroxylation is 1. The molecular weight excluding hydrogens is 232 g/mol. The second-order valence-corrected chi connectivity index (χ2v) is 4.41. The molecule has 1 atom stereocenters. The second kappa shape index (κ2) is 5.39. The summed E-state index contributed by atoms with van der Waals surface area (Å²) >= 11 is 0. The lowest BCUT2D eigenvalue weighted by molar-refractivity contribution is -0.121. The molecule has 6 nitrogen and oxygen atoms in total. The average molecular weight is 252 g/mol. The maximum absolute atomic E-state index is 12.3. The quantitative estimate of drug-likeness (QED) is 0.849. The number of hydrogen-bond donors (Lipinski definition) is 1. The molecule has 1 saturated heterocycles. The normalized spacial score (nSPS) is 20.3. The van der Waals surface area contributed by atoms with Gasteiger partial charge in [0.05, 0.1) is 13.2 Å². The van der Waals surface area contributed by atoms with Gasteiger partial charge in [0.15, 0.2) is 5.82 Å². The van der Waals surface area contributed by atoms with Gasteiger partial charge in [-0.05, 0) is 19.4 Å². The standard InChI is InChI=1S/C12H20N4O2/c1-4-13-9-6-5-7-16(12(9)17)10-8-11(18-3)15(2)14-10/h8-9,13H,4-7H2,1-3H3. The van der Waals surface area contributed by atoms with Gasteiger partial charge in [0, 0.05) is 19.7 Å². The molecule has 0 aliphatic carbocycles. The van der Waals surface area contributed by atoms with E-state index >= 15 is 0 Å². The van der Waals surface area contributed by atoms with Crippen molar-refractivity contribution in [1.82, 2.24) is 15.1 Å². The van der Waals surface area contributed by atoms with Gasteiger partial charge in [-0.25, -0.2) is 4.68 Å². The molecule has 1 amide bonds. The molecule has 6 heteroatoms. The van der Waals surface area contributed by atoms with Gasteiger partial charge in [-0.15, -0.1) is 0 Å². The Balaban J connectivity index is 2.18. The van der Waals surface area contributed by atoms with Crippen LogP contribution in [-0.4, -0.2) is 41.9 Å². The van der Waals surface area contributed by atoms with E-state index in [-0.39, 0.29) is 11.9 Å². The summed E-state index contributed by atoms with van der Waals surface area (Å²) in [6.45, 7) is 3.53. The smallest absolute Gasteiger partial charge is 0.245 e. The van der Waals surface area contributed by atoms with Crippen LogP contribution in [0.3, 0.4) is 0 Å². The Morgan fingerprint density at radius 3 is 3.00 bits per heavy atom. The SMILES string of the molecule is CCNC1CCCN(c2cc(OC)n(C)n2)C1=O. The minimum atomic E-state index is -0.0863. The number of nitrogens with one attached hydrogen (secondary N) is 1. The van der Waals surface area contributed by atoms with Gasteiger partial charge in [-0.2, -0.15) is 5.10 Å². The summed E-state index contributed by atoms with van der Waals surface area (Å²) in [4.78, 5) is 14.0. The fourth-order valence-electron chi connectivity index (χ4n) is 2.30. The molecule has 1 aliphatic rings. The van der Waals surface area contributed by atoms with E-state index < -0.39 is 0 Å². The molecule has 0 aromatic carbocycles. The predicted octanol–water partition coefficient (Wildman–Crippen LogP) is 0.534. The number of piperidine rings is 1. The largest absolute Gasteiger partial charge is 0.481 e. The van der Waals surface area contributed by atoms with Crippen LogP contribution >= 0.6 is 0 Å². The summed E-state index contributed by atoms with van der Waals surface area (Å²) < 4.78 is 6.81. The zero-order chi connectivity index (χ0) is 13.1. The fourth-order valence-corrected chi connectivity index (χ4v) is 2.30. The molecule has 0 spiro atoms. The van der Waals surface area contributed by atoms with Crippen molar-refractivity contribution < 1.29 is 9.53 Å². The molecule has 1 unspecified atom stereocenters. The maximum atomic E-state index is 12.3. The first-order chi connectivity index (χ1) is 8.67. The Labute approximate surface area is 107 Å². The maximum Gasteiger partial charge on any atom is 0.245 e. The van der Waals surface area contributed by atoms with Crippen LogP contribution in [0, 0.1) is 0 Å². The molecule has 1 aliphatic heterocycles. The number of amides is 1. The van der Waals surface area contributed by atoms with Crippen LogP contribution in [0.2, 0.25) is 0 Å². The van der Waals surface area contributed by atoms with Crippen molar-refractivity contribution in [1.29, 1.82) is 0 Å². The summed E-state index contributed by atoms with van der Waals surface area (Å²) in [5.74, 6) is 1.43. The topological polar surface area (TPSA) is 59.4 Å². The number of aromatic nitrogens is 2. The van der Waals surface area contributed by atoms with E-state index in [1.165, 1.54) is 0 Å². The summed E-state index contributed by atoms with van der Waals surface area (Å²) in [5.41, 5.74) is 0. The van der Waals surface area contributed by atoms with Crippen LogP contribution in [0.4, 0.5) is 5.82 Å². The van der Waals surface area contributed by atoms with Crippen LogP contribution in [0.1, 0.15) is 19.8 Å². The summed E-state index contributed by atoms with van der Waals surface area (Å²) in [5, 5.41) is 7.53. The zero-order valence-corrected chi connectivity index (χ0v) is 11.1. The Kier molecular flexibility index (Phi) is 3.86. The van der Waals surface area contributed by atoms with Crippen molar-refractivity contribution >= 4 is 11.7 Å². The van der Waals surface area contributed by atoms with Gasteiger partial charge >= 0.3 is 0 Å². The number of ether oxygens (including phenoxy) is 1. The number of methoxy groups -OCH3 is 1. The van der Waals surface area contributed by atoms with Crippen molar-refractivity contribution in [3.63, 3.8) is 0 Å². The monoisotopic (exact) mass is 252 g/mol. The van der Waals surface area contributed by atoms with E-state index in [0.29, 0.717) is 11.7 Å². The highest BCUT2D eigenvalue weighted by Gasteiger charge is 2.30. The third kappa shape index (κ3) is 2.33. The van der Waals surface area contributed by atoms with E-state index in [4.69, 9.17) is 4.74 Å². The van der Waals surface area contributed by atoms with Crippen molar-refractivity contribution in [3.05, 3.63) is 6.07 Å². The van der Waals surface area contributed by atoms with E-state index in [2.05, 4.69) is 10.4 Å². The molecular formula is C12H20N4O2. The van der Waals surface area contributed by atoms with Gasteiger partial charge in [-0.1, -0.05) is 6.92 Å². The number of likely N-dealkylation sites (N-methyl/N-ethyl adjacent to an activating group) is 1. The zero-order valence-electron chi connectivity index (χ0n) is 11.1. The minimum absolute atomic E-state index is 0.0863. The third-order valence-electron chi connectivity index (χ3n) is 3.20. The first kappa shape index (κ1) is 12.9. The number of rotatable bonds is 4. The highest BCUT2D eigenvalue weighted by molar-refractivity contribution is 5.97. The molecule has 0 bridgehead atoms. The average Bonchev–Trinajstić information content (AvgIpc) is 2.73. The van der Waals surface area contributed by atoms with Gasteiger partial charge in [0.2, 0.25) is 11.8 Å². The highest BCUT2D eigenvalue weighted by Crippen LogP contribution is 2.23. The Hall–Kier alpha value is -1.56. The molecule has 1 aromatic rings. The first-order valence-corrected chi connectivity index (χ1v) is 6.30. The fraction of sp³-hybridized carbons (Fsp3) is 0.667. The summed E-state index contributed by atoms with van der Waals surface area (Å²) in [7, 11) is 3.40. The molecule has 1 N–H and O–H groups in total. The molecule has 1 aromatic heterocycles. The van der Waals surface area contributed by atoms with Crippen LogP contribution in [0.25, 0.3) is 0 Å². The lowest BCUT2D eigenvalue weighted by Gasteiger charge is -2.30. The number of nitrogens with zero attached hydrogens (tertiary/aromatic N) is 3. The van der Waals surface area contributed by atoms with Gasteiger partial charge in [0.1, 0.15) is 0 Å².